The van der Waals surface area contributed by atoms with Gasteiger partial charge in [-0.2, -0.15) is 4.31 Å². The molecule has 11 nitrogen and oxygen atoms in total. The van der Waals surface area contributed by atoms with E-state index in [0.29, 0.717) is 49.8 Å². The summed E-state index contributed by atoms with van der Waals surface area (Å²) in [6, 6.07) is 17.6. The number of ether oxygens (including phenoxy) is 2. The smallest absolute Gasteiger partial charge is 0.300 e. The molecule has 1 saturated heterocycles. The van der Waals surface area contributed by atoms with Gasteiger partial charge in [0, 0.05) is 45.2 Å². The standard InChI is InChI=1S/C25H30N4O5S.C2H4O2/c1-33-22-7-5-18-6-8-24(15-20(18)14-22)35(31,32)29-11-9-28(10-12-29)16-21(30)17-34-23-4-2-3-19(13-23)25(26)27;1-2(3)4/h2-8,13-15,21,30H,9-12,16-17H2,1H3,(H3,26,27);1H3,(H,3,4). The highest BCUT2D eigenvalue weighted by Gasteiger charge is 2.29. The van der Waals surface area contributed by atoms with Gasteiger partial charge >= 0.3 is 0 Å². The number of aliphatic hydroxyl groups excluding tert-OH is 1. The van der Waals surface area contributed by atoms with Crippen molar-refractivity contribution < 1.29 is 32.9 Å². The van der Waals surface area contributed by atoms with Crippen LogP contribution in [-0.4, -0.2) is 92.2 Å². The molecule has 3 aromatic rings. The van der Waals surface area contributed by atoms with Crippen molar-refractivity contribution >= 4 is 32.6 Å². The summed E-state index contributed by atoms with van der Waals surface area (Å²) in [6.45, 7) is 3.24. The third kappa shape index (κ3) is 8.39. The Kier molecular flexibility index (Phi) is 10.2. The third-order valence-electron chi connectivity index (χ3n) is 6.04. The van der Waals surface area contributed by atoms with Crippen LogP contribution < -0.4 is 15.2 Å². The number of benzene rings is 3. The van der Waals surface area contributed by atoms with Gasteiger partial charge in [0.1, 0.15) is 30.0 Å². The minimum Gasteiger partial charge on any atom is -0.497 e. The minimum absolute atomic E-state index is 0.0489. The molecule has 12 heteroatoms. The summed E-state index contributed by atoms with van der Waals surface area (Å²) in [5.41, 5.74) is 6.05. The second-order valence-corrected chi connectivity index (χ2v) is 10.9. The Balaban J connectivity index is 0.000000983. The fourth-order valence-electron chi connectivity index (χ4n) is 4.09. The molecule has 1 heterocycles. The van der Waals surface area contributed by atoms with Crippen LogP contribution in [0.3, 0.4) is 0 Å². The molecule has 39 heavy (non-hydrogen) atoms. The Morgan fingerprint density at radius 3 is 2.33 bits per heavy atom. The predicted octanol–water partition coefficient (Wildman–Crippen LogP) is 1.97. The monoisotopic (exact) mass is 558 g/mol. The quantitative estimate of drug-likeness (QED) is 0.227. The lowest BCUT2D eigenvalue weighted by molar-refractivity contribution is -0.134. The highest BCUT2D eigenvalue weighted by molar-refractivity contribution is 7.89. The van der Waals surface area contributed by atoms with Crippen LogP contribution in [-0.2, 0) is 14.8 Å². The molecule has 0 saturated carbocycles. The maximum atomic E-state index is 13.2. The number of fused-ring (bicyclic) bond motifs is 1. The zero-order valence-corrected chi connectivity index (χ0v) is 22.7. The molecular formula is C27H34N4O7S. The Labute approximate surface area is 227 Å². The number of carboxylic acids is 1. The van der Waals surface area contributed by atoms with Crippen molar-refractivity contribution in [1.29, 1.82) is 5.41 Å². The van der Waals surface area contributed by atoms with E-state index in [2.05, 4.69) is 0 Å². The Morgan fingerprint density at radius 2 is 1.69 bits per heavy atom. The molecule has 0 radical (unpaired) electrons. The summed E-state index contributed by atoms with van der Waals surface area (Å²) in [6.07, 6.45) is -0.741. The van der Waals surface area contributed by atoms with Crippen molar-refractivity contribution in [3.63, 3.8) is 0 Å². The van der Waals surface area contributed by atoms with Crippen molar-refractivity contribution in [3.8, 4) is 11.5 Å². The van der Waals surface area contributed by atoms with Gasteiger partial charge in [0.05, 0.1) is 12.0 Å². The largest absolute Gasteiger partial charge is 0.497 e. The van der Waals surface area contributed by atoms with Gasteiger partial charge in [0.15, 0.2) is 0 Å². The number of hydrogen-bond acceptors (Lipinski definition) is 8. The van der Waals surface area contributed by atoms with Crippen molar-refractivity contribution in [2.75, 3.05) is 46.4 Å². The summed E-state index contributed by atoms with van der Waals surface area (Å²) in [7, 11) is -2.05. The average Bonchev–Trinajstić information content (AvgIpc) is 2.91. The van der Waals surface area contributed by atoms with Crippen LogP contribution in [0.4, 0.5) is 0 Å². The summed E-state index contributed by atoms with van der Waals surface area (Å²) < 4.78 is 38.8. The number of β-amino-alcohol motifs (C(OH)–C–C–N with tert-alkyl or cyclic N) is 1. The van der Waals surface area contributed by atoms with Gasteiger partial charge in [-0.3, -0.25) is 15.1 Å². The van der Waals surface area contributed by atoms with Gasteiger partial charge in [-0.15, -0.1) is 0 Å². The molecule has 0 spiro atoms. The van der Waals surface area contributed by atoms with E-state index in [1.165, 1.54) is 4.31 Å². The number of aliphatic carboxylic acids is 1. The number of carboxylic acid groups (broad SMARTS) is 1. The maximum absolute atomic E-state index is 13.2. The van der Waals surface area contributed by atoms with Crippen LogP contribution in [0.1, 0.15) is 12.5 Å². The van der Waals surface area contributed by atoms with Crippen LogP contribution in [0.2, 0.25) is 0 Å². The number of methoxy groups -OCH3 is 1. The first-order valence-electron chi connectivity index (χ1n) is 12.2. The molecule has 0 aliphatic carbocycles. The lowest BCUT2D eigenvalue weighted by atomic mass is 10.1. The first kappa shape index (κ1) is 29.8. The number of hydrogen-bond donors (Lipinski definition) is 4. The van der Waals surface area contributed by atoms with E-state index in [1.807, 2.05) is 23.1 Å². The molecule has 1 aliphatic heterocycles. The van der Waals surface area contributed by atoms with E-state index in [1.54, 1.807) is 49.6 Å². The molecule has 1 atom stereocenters. The van der Waals surface area contributed by atoms with E-state index >= 15 is 0 Å². The molecule has 4 rings (SSSR count). The zero-order chi connectivity index (χ0) is 28.6. The van der Waals surface area contributed by atoms with Gasteiger partial charge in [0.2, 0.25) is 10.0 Å². The molecule has 210 valence electrons. The SMILES string of the molecule is CC(=O)O.COc1ccc2ccc(S(=O)(=O)N3CCN(CC(O)COc4cccc(C(=N)N)c4)CC3)cc2c1. The van der Waals surface area contributed by atoms with Crippen LogP contribution in [0.15, 0.2) is 65.6 Å². The van der Waals surface area contributed by atoms with Crippen LogP contribution in [0.25, 0.3) is 10.8 Å². The van der Waals surface area contributed by atoms with E-state index < -0.39 is 22.1 Å². The van der Waals surface area contributed by atoms with Crippen molar-refractivity contribution in [3.05, 3.63) is 66.2 Å². The molecule has 1 aliphatic rings. The molecule has 0 bridgehead atoms. The normalized spacial score (nSPS) is 15.2. The molecule has 0 aromatic heterocycles. The van der Waals surface area contributed by atoms with Crippen LogP contribution in [0, 0.1) is 5.41 Å². The number of carbonyl (C=O) groups is 1. The van der Waals surface area contributed by atoms with E-state index in [0.717, 1.165) is 17.7 Å². The van der Waals surface area contributed by atoms with Crippen molar-refractivity contribution in [2.24, 2.45) is 5.73 Å². The molecule has 0 amide bonds. The van der Waals surface area contributed by atoms with Crippen LogP contribution >= 0.6 is 0 Å². The highest BCUT2D eigenvalue weighted by Crippen LogP contribution is 2.26. The number of rotatable bonds is 9. The second-order valence-electron chi connectivity index (χ2n) is 9.00. The van der Waals surface area contributed by atoms with Gasteiger partial charge in [-0.25, -0.2) is 8.42 Å². The fourth-order valence-corrected chi connectivity index (χ4v) is 5.55. The predicted molar refractivity (Wildman–Crippen MR) is 148 cm³/mol. The lowest BCUT2D eigenvalue weighted by Gasteiger charge is -2.34. The number of nitrogens with one attached hydrogen (secondary N) is 1. The third-order valence-corrected chi connectivity index (χ3v) is 7.94. The molecule has 1 fully saturated rings. The topological polar surface area (TPSA) is 166 Å². The summed E-state index contributed by atoms with van der Waals surface area (Å²) in [5, 5.41) is 27.1. The van der Waals surface area contributed by atoms with E-state index in [9.17, 15) is 13.5 Å². The average molecular weight is 559 g/mol. The van der Waals surface area contributed by atoms with Crippen LogP contribution in [0.5, 0.6) is 11.5 Å². The zero-order valence-electron chi connectivity index (χ0n) is 21.9. The van der Waals surface area contributed by atoms with Gasteiger partial charge in [-0.1, -0.05) is 24.3 Å². The lowest BCUT2D eigenvalue weighted by Crippen LogP contribution is -2.50. The van der Waals surface area contributed by atoms with Gasteiger partial charge in [-0.05, 0) is 47.2 Å². The summed E-state index contributed by atoms with van der Waals surface area (Å²) >= 11 is 0. The summed E-state index contributed by atoms with van der Waals surface area (Å²) in [4.78, 5) is 11.3. The summed E-state index contributed by atoms with van der Waals surface area (Å²) in [5.74, 6) is 0.322. The Morgan fingerprint density at radius 1 is 1.03 bits per heavy atom. The first-order chi connectivity index (χ1) is 18.5. The number of amidine groups is 1. The Bertz CT molecular complexity index is 1400. The fraction of sp³-hybridized carbons (Fsp3) is 0.333. The molecule has 5 N–H and O–H groups in total. The van der Waals surface area contributed by atoms with Gasteiger partial charge in [0.25, 0.3) is 5.97 Å². The van der Waals surface area contributed by atoms with Gasteiger partial charge < -0.3 is 25.4 Å². The number of nitrogen functional groups attached to an aromatic ring is 1. The molecular weight excluding hydrogens is 524 g/mol. The Hall–Kier alpha value is -3.71. The van der Waals surface area contributed by atoms with Crippen molar-refractivity contribution in [1.82, 2.24) is 9.21 Å². The number of nitrogens with two attached hydrogens (primary N) is 1. The molecule has 3 aromatic carbocycles. The van der Waals surface area contributed by atoms with E-state index in [-0.39, 0.29) is 17.3 Å². The molecule has 1 unspecified atom stereocenters. The number of nitrogens with zero attached hydrogens (tertiary/aromatic N) is 2. The number of sulfonamides is 1. The number of piperazine rings is 1. The maximum Gasteiger partial charge on any atom is 0.300 e. The number of aliphatic hydroxyl groups is 1. The minimum atomic E-state index is -3.63. The van der Waals surface area contributed by atoms with Crippen molar-refractivity contribution in [2.45, 2.75) is 17.9 Å². The highest BCUT2D eigenvalue weighted by atomic mass is 32.2. The van der Waals surface area contributed by atoms with E-state index in [4.69, 9.17) is 30.5 Å². The first-order valence-corrected chi connectivity index (χ1v) is 13.7. The second kappa shape index (κ2) is 13.4.